The van der Waals surface area contributed by atoms with Crippen molar-refractivity contribution in [1.82, 2.24) is 0 Å². The van der Waals surface area contributed by atoms with Crippen LogP contribution in [0.15, 0.2) is 30.3 Å². The average molecular weight is 409 g/mol. The van der Waals surface area contributed by atoms with Crippen molar-refractivity contribution < 1.29 is 19.1 Å². The molecule has 4 heteroatoms. The van der Waals surface area contributed by atoms with Crippen LogP contribution in [0.2, 0.25) is 0 Å². The molecule has 160 valence electrons. The molecule has 0 unspecified atom stereocenters. The first kappa shape index (κ1) is 22.1. The van der Waals surface area contributed by atoms with E-state index >= 15 is 0 Å². The minimum atomic E-state index is -0.382. The number of esters is 2. The Bertz CT molecular complexity index is 975. The quantitative estimate of drug-likeness (QED) is 0.456. The second-order valence-corrected chi connectivity index (χ2v) is 9.58. The van der Waals surface area contributed by atoms with Crippen LogP contribution in [0.25, 0.3) is 0 Å². The van der Waals surface area contributed by atoms with E-state index < -0.39 is 0 Å². The molecule has 0 saturated heterocycles. The van der Waals surface area contributed by atoms with E-state index in [9.17, 15) is 9.59 Å². The molecule has 0 N–H and O–H groups in total. The second-order valence-electron chi connectivity index (χ2n) is 9.58. The molecule has 0 aromatic heterocycles. The van der Waals surface area contributed by atoms with Gasteiger partial charge in [-0.05, 0) is 91.0 Å². The van der Waals surface area contributed by atoms with Gasteiger partial charge in [0.2, 0.25) is 0 Å². The summed E-state index contributed by atoms with van der Waals surface area (Å²) in [5.41, 5.74) is 5.12. The predicted molar refractivity (Wildman–Crippen MR) is 119 cm³/mol. The van der Waals surface area contributed by atoms with E-state index in [1.807, 2.05) is 26.0 Å². The minimum Gasteiger partial charge on any atom is -0.462 e. The van der Waals surface area contributed by atoms with Crippen molar-refractivity contribution in [1.29, 1.82) is 0 Å². The molecule has 2 aromatic rings. The van der Waals surface area contributed by atoms with Gasteiger partial charge in [-0.1, -0.05) is 33.8 Å². The lowest BCUT2D eigenvalue weighted by atomic mass is 9.63. The predicted octanol–water partition coefficient (Wildman–Crippen LogP) is 6.05. The monoisotopic (exact) mass is 408 g/mol. The van der Waals surface area contributed by atoms with Gasteiger partial charge in [-0.3, -0.25) is 0 Å². The molecule has 1 aliphatic carbocycles. The molecule has 4 nitrogen and oxygen atoms in total. The highest BCUT2D eigenvalue weighted by Crippen LogP contribution is 2.46. The van der Waals surface area contributed by atoms with E-state index in [1.54, 1.807) is 19.1 Å². The maximum atomic E-state index is 13.0. The number of hydrogen-bond donors (Lipinski definition) is 0. The number of fused-ring (bicyclic) bond motifs is 1. The Hall–Kier alpha value is -2.62. The molecule has 2 aromatic carbocycles. The maximum absolute atomic E-state index is 13.0. The van der Waals surface area contributed by atoms with Crippen molar-refractivity contribution in [3.05, 3.63) is 63.7 Å². The maximum Gasteiger partial charge on any atom is 0.343 e. The number of carbonyl (C=O) groups excluding carboxylic acids is 2. The summed E-state index contributed by atoms with van der Waals surface area (Å²) in [6, 6.07) is 9.34. The first-order valence-electron chi connectivity index (χ1n) is 10.6. The molecular formula is C26H32O4. The van der Waals surface area contributed by atoms with Gasteiger partial charge in [-0.15, -0.1) is 0 Å². The highest BCUT2D eigenvalue weighted by atomic mass is 16.5. The van der Waals surface area contributed by atoms with Crippen LogP contribution in [-0.4, -0.2) is 18.5 Å². The van der Waals surface area contributed by atoms with Crippen LogP contribution in [0.4, 0.5) is 0 Å². The molecule has 0 amide bonds. The van der Waals surface area contributed by atoms with Crippen LogP contribution in [-0.2, 0) is 15.6 Å². The summed E-state index contributed by atoms with van der Waals surface area (Å²) in [5, 5.41) is 0. The standard InChI is InChI=1S/C26H32O4/c1-8-29-23(27)19-13-16(2)22(17(3)14-19)30-24(28)18-9-10-20-21(15-18)26(6,7)12-11-25(20,4)5/h9-10,13-15H,8,11-12H2,1-7H3. The van der Waals surface area contributed by atoms with Gasteiger partial charge in [0.05, 0.1) is 17.7 Å². The summed E-state index contributed by atoms with van der Waals surface area (Å²) in [6.45, 7) is 14.7. The number of benzene rings is 2. The molecule has 0 spiro atoms. The van der Waals surface area contributed by atoms with Gasteiger partial charge in [-0.2, -0.15) is 0 Å². The van der Waals surface area contributed by atoms with Gasteiger partial charge in [0.1, 0.15) is 5.75 Å². The zero-order valence-electron chi connectivity index (χ0n) is 19.1. The summed E-state index contributed by atoms with van der Waals surface area (Å²) < 4.78 is 10.8. The lowest BCUT2D eigenvalue weighted by molar-refractivity contribution is 0.0526. The summed E-state index contributed by atoms with van der Waals surface area (Å²) in [5.74, 6) is -0.265. The number of carbonyl (C=O) groups is 2. The molecule has 0 radical (unpaired) electrons. The third-order valence-electron chi connectivity index (χ3n) is 6.25. The smallest absolute Gasteiger partial charge is 0.343 e. The lowest BCUT2D eigenvalue weighted by Crippen LogP contribution is -2.34. The van der Waals surface area contributed by atoms with Gasteiger partial charge < -0.3 is 9.47 Å². The molecule has 0 atom stereocenters. The Morgan fingerprint density at radius 2 is 1.40 bits per heavy atom. The molecular weight excluding hydrogens is 376 g/mol. The van der Waals surface area contributed by atoms with E-state index in [0.717, 1.165) is 24.0 Å². The SMILES string of the molecule is CCOC(=O)c1cc(C)c(OC(=O)c2ccc3c(c2)C(C)(C)CCC3(C)C)c(C)c1. The second kappa shape index (κ2) is 7.90. The number of ether oxygens (including phenoxy) is 2. The van der Waals surface area contributed by atoms with Crippen LogP contribution in [0.5, 0.6) is 5.75 Å². The Morgan fingerprint density at radius 3 is 1.97 bits per heavy atom. The Kier molecular flexibility index (Phi) is 5.81. The number of rotatable bonds is 4. The zero-order valence-corrected chi connectivity index (χ0v) is 19.1. The van der Waals surface area contributed by atoms with E-state index in [-0.39, 0.29) is 22.8 Å². The fourth-order valence-electron chi connectivity index (χ4n) is 4.31. The first-order chi connectivity index (χ1) is 14.0. The third-order valence-corrected chi connectivity index (χ3v) is 6.25. The molecule has 0 fully saturated rings. The highest BCUT2D eigenvalue weighted by molar-refractivity contribution is 5.93. The fraction of sp³-hybridized carbons (Fsp3) is 0.462. The van der Waals surface area contributed by atoms with Gasteiger partial charge in [0.25, 0.3) is 0 Å². The number of hydrogen-bond acceptors (Lipinski definition) is 4. The molecule has 0 aliphatic heterocycles. The fourth-order valence-corrected chi connectivity index (χ4v) is 4.31. The van der Waals surface area contributed by atoms with E-state index in [1.165, 1.54) is 11.1 Å². The van der Waals surface area contributed by atoms with Crippen LogP contribution in [0, 0.1) is 13.8 Å². The van der Waals surface area contributed by atoms with Crippen molar-refractivity contribution in [2.75, 3.05) is 6.61 Å². The summed E-state index contributed by atoms with van der Waals surface area (Å²) in [6.07, 6.45) is 2.21. The Labute approximate surface area is 179 Å². The van der Waals surface area contributed by atoms with Crippen molar-refractivity contribution in [3.63, 3.8) is 0 Å². The van der Waals surface area contributed by atoms with Crippen molar-refractivity contribution in [2.24, 2.45) is 0 Å². The highest BCUT2D eigenvalue weighted by Gasteiger charge is 2.37. The topological polar surface area (TPSA) is 52.6 Å². The van der Waals surface area contributed by atoms with Gasteiger partial charge in [-0.25, -0.2) is 9.59 Å². The molecule has 1 aliphatic rings. The van der Waals surface area contributed by atoms with Gasteiger partial charge in [0.15, 0.2) is 0 Å². The molecule has 0 heterocycles. The van der Waals surface area contributed by atoms with E-state index in [2.05, 4.69) is 33.8 Å². The van der Waals surface area contributed by atoms with Crippen LogP contribution >= 0.6 is 0 Å². The first-order valence-corrected chi connectivity index (χ1v) is 10.6. The Morgan fingerprint density at radius 1 is 0.833 bits per heavy atom. The molecule has 3 rings (SSSR count). The lowest BCUT2D eigenvalue weighted by Gasteiger charge is -2.42. The van der Waals surface area contributed by atoms with Crippen molar-refractivity contribution in [3.8, 4) is 5.75 Å². The van der Waals surface area contributed by atoms with Crippen molar-refractivity contribution >= 4 is 11.9 Å². The summed E-state index contributed by atoms with van der Waals surface area (Å²) >= 11 is 0. The van der Waals surface area contributed by atoms with Crippen LogP contribution in [0.1, 0.15) is 90.4 Å². The number of aryl methyl sites for hydroxylation is 2. The normalized spacial score (nSPS) is 16.5. The van der Waals surface area contributed by atoms with Crippen LogP contribution in [0.3, 0.4) is 0 Å². The zero-order chi connectivity index (χ0) is 22.3. The summed E-state index contributed by atoms with van der Waals surface area (Å²) in [7, 11) is 0. The minimum absolute atomic E-state index is 0.0221. The molecule has 0 saturated carbocycles. The van der Waals surface area contributed by atoms with Gasteiger partial charge >= 0.3 is 11.9 Å². The Balaban J connectivity index is 1.91. The van der Waals surface area contributed by atoms with E-state index in [0.29, 0.717) is 23.5 Å². The third kappa shape index (κ3) is 4.14. The van der Waals surface area contributed by atoms with Crippen LogP contribution < -0.4 is 4.74 Å². The van der Waals surface area contributed by atoms with Crippen molar-refractivity contribution in [2.45, 2.75) is 72.1 Å². The van der Waals surface area contributed by atoms with Gasteiger partial charge in [0, 0.05) is 0 Å². The molecule has 30 heavy (non-hydrogen) atoms. The summed E-state index contributed by atoms with van der Waals surface area (Å²) in [4.78, 5) is 25.0. The van der Waals surface area contributed by atoms with E-state index in [4.69, 9.17) is 9.47 Å². The largest absolute Gasteiger partial charge is 0.462 e. The average Bonchev–Trinajstić information content (AvgIpc) is 2.68. The molecule has 0 bridgehead atoms.